The third-order valence-electron chi connectivity index (χ3n) is 2.15. The number of rotatable bonds is 3. The van der Waals surface area contributed by atoms with E-state index in [-0.39, 0.29) is 5.97 Å². The van der Waals surface area contributed by atoms with Crippen LogP contribution in [0.2, 0.25) is 0 Å². The predicted octanol–water partition coefficient (Wildman–Crippen LogP) is 3.41. The number of esters is 1. The number of aryl methyl sites for hydroxylation is 1. The van der Waals surface area contributed by atoms with E-state index in [1.807, 2.05) is 43.3 Å². The molecule has 0 radical (unpaired) electrons. The lowest BCUT2D eigenvalue weighted by Crippen LogP contribution is -2.02. The van der Waals surface area contributed by atoms with E-state index in [1.165, 1.54) is 11.3 Å². The molecule has 16 heavy (non-hydrogen) atoms. The van der Waals surface area contributed by atoms with Gasteiger partial charge >= 0.3 is 5.97 Å². The first-order chi connectivity index (χ1) is 7.75. The van der Waals surface area contributed by atoms with Crippen LogP contribution in [0, 0.1) is 6.92 Å². The molecule has 1 aromatic carbocycles. The quantitative estimate of drug-likeness (QED) is 0.758. The molecule has 0 spiro atoms. The van der Waals surface area contributed by atoms with Crippen molar-refractivity contribution in [3.63, 3.8) is 0 Å². The van der Waals surface area contributed by atoms with Gasteiger partial charge in [-0.1, -0.05) is 30.3 Å². The maximum atomic E-state index is 11.6. The molecule has 0 saturated heterocycles. The van der Waals surface area contributed by atoms with Gasteiger partial charge in [0.2, 0.25) is 0 Å². The molecule has 0 aliphatic carbocycles. The molecule has 2 rings (SSSR count). The molecule has 0 amide bonds. The highest BCUT2D eigenvalue weighted by molar-refractivity contribution is 7.13. The maximum Gasteiger partial charge on any atom is 0.348 e. The standard InChI is InChI=1S/C13H12O2S/c1-10-7-8-12(16-10)13(14)15-9-11-5-3-2-4-6-11/h2-8H,9H2,1H3. The zero-order valence-electron chi connectivity index (χ0n) is 8.97. The molecular weight excluding hydrogens is 220 g/mol. The molecule has 0 fully saturated rings. The van der Waals surface area contributed by atoms with Gasteiger partial charge in [0.25, 0.3) is 0 Å². The van der Waals surface area contributed by atoms with Gasteiger partial charge < -0.3 is 4.74 Å². The fourth-order valence-electron chi connectivity index (χ4n) is 1.34. The summed E-state index contributed by atoms with van der Waals surface area (Å²) in [5, 5.41) is 0. The lowest BCUT2D eigenvalue weighted by molar-refractivity contribution is 0.0478. The highest BCUT2D eigenvalue weighted by atomic mass is 32.1. The summed E-state index contributed by atoms with van der Waals surface area (Å²) in [6.07, 6.45) is 0. The van der Waals surface area contributed by atoms with Crippen LogP contribution in [-0.4, -0.2) is 5.97 Å². The minimum absolute atomic E-state index is 0.248. The maximum absolute atomic E-state index is 11.6. The summed E-state index contributed by atoms with van der Waals surface area (Å²) in [4.78, 5) is 13.4. The molecule has 3 heteroatoms. The van der Waals surface area contributed by atoms with Crippen molar-refractivity contribution in [1.29, 1.82) is 0 Å². The van der Waals surface area contributed by atoms with E-state index in [0.29, 0.717) is 11.5 Å². The Morgan fingerprint density at radius 3 is 2.56 bits per heavy atom. The van der Waals surface area contributed by atoms with Crippen LogP contribution in [0.1, 0.15) is 20.1 Å². The van der Waals surface area contributed by atoms with Gasteiger partial charge in [0, 0.05) is 4.88 Å². The largest absolute Gasteiger partial charge is 0.457 e. The number of ether oxygens (including phenoxy) is 1. The van der Waals surface area contributed by atoms with E-state index in [4.69, 9.17) is 4.74 Å². The fourth-order valence-corrected chi connectivity index (χ4v) is 2.10. The molecule has 0 aliphatic heterocycles. The van der Waals surface area contributed by atoms with Gasteiger partial charge in [-0.05, 0) is 24.6 Å². The second-order valence-electron chi connectivity index (χ2n) is 3.47. The van der Waals surface area contributed by atoms with Crippen molar-refractivity contribution in [1.82, 2.24) is 0 Å². The van der Waals surface area contributed by atoms with Crippen LogP contribution in [0.25, 0.3) is 0 Å². The van der Waals surface area contributed by atoms with Crippen LogP contribution in [0.15, 0.2) is 42.5 Å². The summed E-state index contributed by atoms with van der Waals surface area (Å²) < 4.78 is 5.20. The van der Waals surface area contributed by atoms with E-state index in [9.17, 15) is 4.79 Å². The smallest absolute Gasteiger partial charge is 0.348 e. The van der Waals surface area contributed by atoms with E-state index in [0.717, 1.165) is 10.4 Å². The topological polar surface area (TPSA) is 26.3 Å². The van der Waals surface area contributed by atoms with Gasteiger partial charge in [-0.2, -0.15) is 0 Å². The lowest BCUT2D eigenvalue weighted by atomic mass is 10.2. The minimum Gasteiger partial charge on any atom is -0.457 e. The number of thiophene rings is 1. The van der Waals surface area contributed by atoms with Crippen molar-refractivity contribution >= 4 is 17.3 Å². The van der Waals surface area contributed by atoms with Crippen LogP contribution in [-0.2, 0) is 11.3 Å². The van der Waals surface area contributed by atoms with Crippen molar-refractivity contribution < 1.29 is 9.53 Å². The summed E-state index contributed by atoms with van der Waals surface area (Å²) in [6, 6.07) is 13.4. The molecule has 0 aliphatic rings. The SMILES string of the molecule is Cc1ccc(C(=O)OCc2ccccc2)s1. The highest BCUT2D eigenvalue weighted by Crippen LogP contribution is 2.16. The van der Waals surface area contributed by atoms with Gasteiger partial charge in [0.1, 0.15) is 11.5 Å². The molecule has 0 unspecified atom stereocenters. The van der Waals surface area contributed by atoms with Crippen LogP contribution < -0.4 is 0 Å². The lowest BCUT2D eigenvalue weighted by Gasteiger charge is -2.02. The molecule has 0 atom stereocenters. The van der Waals surface area contributed by atoms with E-state index in [1.54, 1.807) is 6.07 Å². The Labute approximate surface area is 98.5 Å². The van der Waals surface area contributed by atoms with Gasteiger partial charge in [0.05, 0.1) is 0 Å². The zero-order valence-corrected chi connectivity index (χ0v) is 9.79. The Morgan fingerprint density at radius 1 is 1.19 bits per heavy atom. The normalized spacial score (nSPS) is 10.1. The van der Waals surface area contributed by atoms with Gasteiger partial charge in [0.15, 0.2) is 0 Å². The van der Waals surface area contributed by atoms with Gasteiger partial charge in [-0.3, -0.25) is 0 Å². The number of carbonyl (C=O) groups excluding carboxylic acids is 1. The zero-order chi connectivity index (χ0) is 11.4. The Balaban J connectivity index is 1.94. The molecule has 0 bridgehead atoms. The van der Waals surface area contributed by atoms with Crippen molar-refractivity contribution in [3.8, 4) is 0 Å². The van der Waals surface area contributed by atoms with Gasteiger partial charge in [-0.25, -0.2) is 4.79 Å². The molecule has 1 heterocycles. The molecular formula is C13H12O2S. The average Bonchev–Trinajstić information content (AvgIpc) is 2.74. The third kappa shape index (κ3) is 2.70. The molecule has 82 valence electrons. The van der Waals surface area contributed by atoms with E-state index in [2.05, 4.69) is 0 Å². The Kier molecular flexibility index (Phi) is 3.37. The van der Waals surface area contributed by atoms with Crippen molar-refractivity contribution in [2.75, 3.05) is 0 Å². The minimum atomic E-state index is -0.248. The van der Waals surface area contributed by atoms with Crippen molar-refractivity contribution in [3.05, 3.63) is 57.8 Å². The Morgan fingerprint density at radius 2 is 1.94 bits per heavy atom. The molecule has 0 saturated carbocycles. The summed E-state index contributed by atoms with van der Waals surface area (Å²) >= 11 is 1.46. The first kappa shape index (κ1) is 10.9. The fraction of sp³-hybridized carbons (Fsp3) is 0.154. The molecule has 0 N–H and O–H groups in total. The number of benzene rings is 1. The number of hydrogen-bond acceptors (Lipinski definition) is 3. The first-order valence-electron chi connectivity index (χ1n) is 5.03. The van der Waals surface area contributed by atoms with Crippen LogP contribution in [0.3, 0.4) is 0 Å². The monoisotopic (exact) mass is 232 g/mol. The summed E-state index contributed by atoms with van der Waals surface area (Å²) in [7, 11) is 0. The van der Waals surface area contributed by atoms with E-state index < -0.39 is 0 Å². The number of hydrogen-bond donors (Lipinski definition) is 0. The van der Waals surface area contributed by atoms with Crippen LogP contribution in [0.4, 0.5) is 0 Å². The second-order valence-corrected chi connectivity index (χ2v) is 4.76. The second kappa shape index (κ2) is 4.94. The summed E-state index contributed by atoms with van der Waals surface area (Å²) in [6.45, 7) is 2.30. The van der Waals surface area contributed by atoms with Crippen LogP contribution >= 0.6 is 11.3 Å². The van der Waals surface area contributed by atoms with Crippen LogP contribution in [0.5, 0.6) is 0 Å². The molecule has 2 nitrogen and oxygen atoms in total. The Bertz CT molecular complexity index is 474. The Hall–Kier alpha value is -1.61. The predicted molar refractivity (Wildman–Crippen MR) is 64.6 cm³/mol. The average molecular weight is 232 g/mol. The summed E-state index contributed by atoms with van der Waals surface area (Å²) in [5.74, 6) is -0.248. The molecule has 2 aromatic rings. The van der Waals surface area contributed by atoms with Crippen molar-refractivity contribution in [2.24, 2.45) is 0 Å². The summed E-state index contributed by atoms with van der Waals surface area (Å²) in [5.41, 5.74) is 1.00. The molecule has 1 aromatic heterocycles. The van der Waals surface area contributed by atoms with E-state index >= 15 is 0 Å². The number of carbonyl (C=O) groups is 1. The van der Waals surface area contributed by atoms with Crippen molar-refractivity contribution in [2.45, 2.75) is 13.5 Å². The van der Waals surface area contributed by atoms with Gasteiger partial charge in [-0.15, -0.1) is 11.3 Å². The highest BCUT2D eigenvalue weighted by Gasteiger charge is 2.09. The first-order valence-corrected chi connectivity index (χ1v) is 5.85. The third-order valence-corrected chi connectivity index (χ3v) is 3.14.